The summed E-state index contributed by atoms with van der Waals surface area (Å²) in [6.45, 7) is 0.449. The van der Waals surface area contributed by atoms with Crippen molar-refractivity contribution in [3.8, 4) is 0 Å². The van der Waals surface area contributed by atoms with Crippen LogP contribution in [-0.4, -0.2) is 47.7 Å². The van der Waals surface area contributed by atoms with Crippen molar-refractivity contribution in [3.63, 3.8) is 0 Å². The first kappa shape index (κ1) is 8.89. The highest BCUT2D eigenvalue weighted by Gasteiger charge is 2.35. The average molecular weight is 162 g/mol. The van der Waals surface area contributed by atoms with E-state index in [0.717, 1.165) is 0 Å². The van der Waals surface area contributed by atoms with E-state index in [1.807, 2.05) is 0 Å². The molecule has 0 unspecified atom stereocenters. The van der Waals surface area contributed by atoms with Crippen LogP contribution in [0.5, 0.6) is 0 Å². The second-order valence-electron chi connectivity index (χ2n) is 2.75. The summed E-state index contributed by atoms with van der Waals surface area (Å²) in [7, 11) is 0. The van der Waals surface area contributed by atoms with Gasteiger partial charge in [0, 0.05) is 6.54 Å². The van der Waals surface area contributed by atoms with Crippen molar-refractivity contribution in [1.29, 1.82) is 0 Å². The molecule has 0 aromatic heterocycles. The zero-order valence-electron chi connectivity index (χ0n) is 6.18. The SMILES string of the molecule is NC[C@H]1OC[C@H](N)[C@@H](O)[C@@H]1O. The quantitative estimate of drug-likeness (QED) is 0.338. The van der Waals surface area contributed by atoms with Gasteiger partial charge in [-0.3, -0.25) is 0 Å². The molecule has 5 nitrogen and oxygen atoms in total. The van der Waals surface area contributed by atoms with Crippen LogP contribution in [0.25, 0.3) is 0 Å². The fraction of sp³-hybridized carbons (Fsp3) is 1.00. The molecule has 66 valence electrons. The van der Waals surface area contributed by atoms with E-state index < -0.39 is 24.4 Å². The molecule has 0 bridgehead atoms. The zero-order chi connectivity index (χ0) is 8.43. The van der Waals surface area contributed by atoms with Crippen molar-refractivity contribution in [1.82, 2.24) is 0 Å². The molecule has 0 aromatic rings. The monoisotopic (exact) mass is 162 g/mol. The van der Waals surface area contributed by atoms with Gasteiger partial charge in [0.2, 0.25) is 0 Å². The summed E-state index contributed by atoms with van der Waals surface area (Å²) in [4.78, 5) is 0. The minimum atomic E-state index is -0.955. The summed E-state index contributed by atoms with van der Waals surface area (Å²) in [6, 6.07) is -0.507. The molecule has 0 radical (unpaired) electrons. The normalized spacial score (nSPS) is 45.8. The number of rotatable bonds is 1. The predicted molar refractivity (Wildman–Crippen MR) is 38.8 cm³/mol. The van der Waals surface area contributed by atoms with Crippen LogP contribution in [0.3, 0.4) is 0 Å². The maximum atomic E-state index is 9.27. The maximum Gasteiger partial charge on any atom is 0.109 e. The number of hydrogen-bond acceptors (Lipinski definition) is 5. The number of aliphatic hydroxyl groups excluding tert-OH is 2. The largest absolute Gasteiger partial charge is 0.389 e. The Morgan fingerprint density at radius 2 is 2.00 bits per heavy atom. The van der Waals surface area contributed by atoms with Gasteiger partial charge in [-0.15, -0.1) is 0 Å². The van der Waals surface area contributed by atoms with E-state index in [1.54, 1.807) is 0 Å². The topological polar surface area (TPSA) is 102 Å². The van der Waals surface area contributed by atoms with Crippen molar-refractivity contribution in [3.05, 3.63) is 0 Å². The minimum Gasteiger partial charge on any atom is -0.389 e. The lowest BCUT2D eigenvalue weighted by atomic mass is 9.99. The van der Waals surface area contributed by atoms with E-state index >= 15 is 0 Å². The molecule has 1 rings (SSSR count). The van der Waals surface area contributed by atoms with Crippen LogP contribution in [0.15, 0.2) is 0 Å². The highest BCUT2D eigenvalue weighted by Crippen LogP contribution is 2.12. The van der Waals surface area contributed by atoms with E-state index in [4.69, 9.17) is 16.2 Å². The highest BCUT2D eigenvalue weighted by atomic mass is 16.5. The molecule has 0 aliphatic carbocycles. The molecular formula is C6H14N2O3. The Morgan fingerprint density at radius 3 is 2.55 bits per heavy atom. The van der Waals surface area contributed by atoms with Gasteiger partial charge < -0.3 is 26.4 Å². The molecule has 1 aliphatic rings. The van der Waals surface area contributed by atoms with E-state index in [0.29, 0.717) is 0 Å². The van der Waals surface area contributed by atoms with Gasteiger partial charge in [0.05, 0.1) is 24.9 Å². The summed E-state index contributed by atoms with van der Waals surface area (Å²) >= 11 is 0. The maximum absolute atomic E-state index is 9.27. The van der Waals surface area contributed by atoms with Gasteiger partial charge in [0.25, 0.3) is 0 Å². The Morgan fingerprint density at radius 1 is 1.36 bits per heavy atom. The molecule has 1 fully saturated rings. The van der Waals surface area contributed by atoms with Crippen LogP contribution in [0.4, 0.5) is 0 Å². The van der Waals surface area contributed by atoms with Crippen molar-refractivity contribution >= 4 is 0 Å². The molecule has 0 saturated carbocycles. The van der Waals surface area contributed by atoms with E-state index in [2.05, 4.69) is 0 Å². The van der Waals surface area contributed by atoms with Gasteiger partial charge in [0.1, 0.15) is 6.10 Å². The first-order valence-electron chi connectivity index (χ1n) is 3.60. The molecule has 5 heteroatoms. The van der Waals surface area contributed by atoms with Crippen LogP contribution in [0.2, 0.25) is 0 Å². The van der Waals surface area contributed by atoms with Crippen molar-refractivity contribution < 1.29 is 14.9 Å². The zero-order valence-corrected chi connectivity index (χ0v) is 6.18. The highest BCUT2D eigenvalue weighted by molar-refractivity contribution is 4.88. The number of aliphatic hydroxyl groups is 2. The van der Waals surface area contributed by atoms with E-state index in [1.165, 1.54) is 0 Å². The lowest BCUT2D eigenvalue weighted by Crippen LogP contribution is -2.58. The summed E-state index contributed by atoms with van der Waals surface area (Å²) in [6.07, 6.45) is -2.36. The average Bonchev–Trinajstić information content (AvgIpc) is 2.01. The van der Waals surface area contributed by atoms with Gasteiger partial charge >= 0.3 is 0 Å². The molecule has 6 N–H and O–H groups in total. The Labute approximate surface area is 64.9 Å². The third-order valence-corrected chi connectivity index (χ3v) is 1.90. The first-order valence-corrected chi connectivity index (χ1v) is 3.60. The molecule has 4 atom stereocenters. The molecule has 1 aliphatic heterocycles. The summed E-state index contributed by atoms with van der Waals surface area (Å²) in [5, 5.41) is 18.5. The lowest BCUT2D eigenvalue weighted by molar-refractivity contribution is -0.139. The van der Waals surface area contributed by atoms with Gasteiger partial charge in [-0.25, -0.2) is 0 Å². The molecule has 0 spiro atoms. The van der Waals surface area contributed by atoms with Gasteiger partial charge in [0.15, 0.2) is 0 Å². The second-order valence-corrected chi connectivity index (χ2v) is 2.75. The fourth-order valence-electron chi connectivity index (χ4n) is 1.11. The standard InChI is InChI=1S/C6H14N2O3/c7-1-4-6(10)5(9)3(8)2-11-4/h3-6,9-10H,1-2,7-8H2/t3-,4+,5+,6+/m0/s1. The summed E-state index contributed by atoms with van der Waals surface area (Å²) in [5.74, 6) is 0. The first-order chi connectivity index (χ1) is 5.16. The van der Waals surface area contributed by atoms with E-state index in [9.17, 15) is 10.2 Å². The predicted octanol–water partition coefficient (Wildman–Crippen LogP) is -2.61. The third-order valence-electron chi connectivity index (χ3n) is 1.90. The second kappa shape index (κ2) is 3.46. The van der Waals surface area contributed by atoms with Gasteiger partial charge in [-0.05, 0) is 0 Å². The summed E-state index contributed by atoms with van der Waals surface area (Å²) in [5.41, 5.74) is 10.7. The molecule has 1 heterocycles. The van der Waals surface area contributed by atoms with Crippen LogP contribution in [-0.2, 0) is 4.74 Å². The lowest BCUT2D eigenvalue weighted by Gasteiger charge is -2.35. The number of ether oxygens (including phenoxy) is 1. The van der Waals surface area contributed by atoms with Crippen LogP contribution < -0.4 is 11.5 Å². The molecule has 0 aromatic carbocycles. The fourth-order valence-corrected chi connectivity index (χ4v) is 1.11. The number of hydrogen-bond donors (Lipinski definition) is 4. The van der Waals surface area contributed by atoms with Crippen LogP contribution in [0.1, 0.15) is 0 Å². The molecule has 11 heavy (non-hydrogen) atoms. The molecule has 0 amide bonds. The molecular weight excluding hydrogens is 148 g/mol. The van der Waals surface area contributed by atoms with Crippen LogP contribution >= 0.6 is 0 Å². The third kappa shape index (κ3) is 1.69. The minimum absolute atomic E-state index is 0.199. The van der Waals surface area contributed by atoms with Crippen LogP contribution in [0, 0.1) is 0 Å². The summed E-state index contributed by atoms with van der Waals surface area (Å²) < 4.78 is 5.06. The van der Waals surface area contributed by atoms with Crippen molar-refractivity contribution in [2.24, 2.45) is 11.5 Å². The van der Waals surface area contributed by atoms with Crippen molar-refractivity contribution in [2.75, 3.05) is 13.2 Å². The number of nitrogens with two attached hydrogens (primary N) is 2. The smallest absolute Gasteiger partial charge is 0.109 e. The Bertz CT molecular complexity index is 131. The van der Waals surface area contributed by atoms with Gasteiger partial charge in [-0.2, -0.15) is 0 Å². The van der Waals surface area contributed by atoms with E-state index in [-0.39, 0.29) is 13.2 Å². The van der Waals surface area contributed by atoms with Crippen molar-refractivity contribution in [2.45, 2.75) is 24.4 Å². The van der Waals surface area contributed by atoms with Gasteiger partial charge in [-0.1, -0.05) is 0 Å². The molecule has 1 saturated heterocycles. The Hall–Kier alpha value is -0.200. The Kier molecular flexibility index (Phi) is 2.80. The Balaban J connectivity index is 2.52.